The predicted octanol–water partition coefficient (Wildman–Crippen LogP) is 3.46. The average molecular weight is 469 g/mol. The molecule has 3 aromatic rings. The van der Waals surface area contributed by atoms with E-state index in [0.29, 0.717) is 31.4 Å². The molecule has 0 radical (unpaired) electrons. The number of rotatable bonds is 5. The van der Waals surface area contributed by atoms with E-state index in [9.17, 15) is 9.59 Å². The second-order valence-corrected chi connectivity index (χ2v) is 8.52. The van der Waals surface area contributed by atoms with Crippen LogP contribution in [0.3, 0.4) is 0 Å². The average Bonchev–Trinajstić information content (AvgIpc) is 3.09. The van der Waals surface area contributed by atoms with Gasteiger partial charge in [-0.25, -0.2) is 9.79 Å². The van der Waals surface area contributed by atoms with Gasteiger partial charge >= 0.3 is 5.97 Å². The molecule has 1 atom stereocenters. The summed E-state index contributed by atoms with van der Waals surface area (Å²) in [6, 6.07) is 13.9. The van der Waals surface area contributed by atoms with E-state index in [-0.39, 0.29) is 12.2 Å². The van der Waals surface area contributed by atoms with E-state index in [1.807, 2.05) is 42.5 Å². The molecule has 1 aliphatic heterocycles. The molecule has 0 N–H and O–H groups in total. The van der Waals surface area contributed by atoms with Crippen LogP contribution in [0.1, 0.15) is 31.0 Å². The molecule has 4 rings (SSSR count). The minimum absolute atomic E-state index is 0.220. The molecule has 0 bridgehead atoms. The van der Waals surface area contributed by atoms with Crippen LogP contribution in [0.25, 0.3) is 6.08 Å². The van der Waals surface area contributed by atoms with Crippen LogP contribution in [0.15, 0.2) is 69.6 Å². The van der Waals surface area contributed by atoms with Crippen molar-refractivity contribution in [2.24, 2.45) is 4.99 Å². The first kappa shape index (κ1) is 22.0. The lowest BCUT2D eigenvalue weighted by Crippen LogP contribution is -2.39. The fourth-order valence-electron chi connectivity index (χ4n) is 3.65. The van der Waals surface area contributed by atoms with Crippen LogP contribution in [0, 0.1) is 0 Å². The number of fused-ring (bicyclic) bond motifs is 1. The molecule has 0 saturated heterocycles. The number of benzene rings is 2. The number of nitrogens with zero attached hydrogens (tertiary/aromatic N) is 2. The number of halogens is 1. The standard InChI is InChI=1S/C24H21ClN2O4S/c1-4-31-23(29)20-14(2)26-24-27(21(20)16-9-7-10-17(12-16)30-3)22(28)19(32-24)13-15-8-5-6-11-18(15)25/h5-13,21H,4H2,1-3H3/b19-13+. The summed E-state index contributed by atoms with van der Waals surface area (Å²) in [5, 5.41) is 0.547. The molecule has 0 saturated carbocycles. The zero-order valence-electron chi connectivity index (χ0n) is 17.8. The van der Waals surface area contributed by atoms with E-state index in [1.54, 1.807) is 37.7 Å². The van der Waals surface area contributed by atoms with Gasteiger partial charge in [0.15, 0.2) is 4.80 Å². The highest BCUT2D eigenvalue weighted by Gasteiger charge is 2.33. The molecule has 2 aromatic carbocycles. The monoisotopic (exact) mass is 468 g/mol. The third-order valence-electron chi connectivity index (χ3n) is 5.12. The van der Waals surface area contributed by atoms with Crippen LogP contribution < -0.4 is 19.6 Å². The van der Waals surface area contributed by atoms with Gasteiger partial charge in [-0.3, -0.25) is 9.36 Å². The molecule has 6 nitrogen and oxygen atoms in total. The van der Waals surface area contributed by atoms with Crippen molar-refractivity contribution in [3.05, 3.63) is 95.6 Å². The molecule has 0 amide bonds. The maximum absolute atomic E-state index is 13.5. The van der Waals surface area contributed by atoms with E-state index < -0.39 is 12.0 Å². The molecule has 8 heteroatoms. The molecular weight excluding hydrogens is 448 g/mol. The highest BCUT2D eigenvalue weighted by atomic mass is 35.5. The smallest absolute Gasteiger partial charge is 0.338 e. The lowest BCUT2D eigenvalue weighted by Gasteiger charge is -2.25. The quantitative estimate of drug-likeness (QED) is 0.538. The fraction of sp³-hybridized carbons (Fsp3) is 0.208. The SMILES string of the molecule is CCOC(=O)C1=C(C)N=c2s/c(=C/c3ccccc3Cl)c(=O)n2C1c1cccc(OC)c1. The third kappa shape index (κ3) is 4.01. The molecule has 32 heavy (non-hydrogen) atoms. The second-order valence-electron chi connectivity index (χ2n) is 7.10. The van der Waals surface area contributed by atoms with Gasteiger partial charge in [-0.05, 0) is 49.2 Å². The van der Waals surface area contributed by atoms with Crippen molar-refractivity contribution in [3.63, 3.8) is 0 Å². The first-order valence-corrected chi connectivity index (χ1v) is 11.2. The van der Waals surface area contributed by atoms with Gasteiger partial charge < -0.3 is 9.47 Å². The highest BCUT2D eigenvalue weighted by Crippen LogP contribution is 2.32. The van der Waals surface area contributed by atoms with Gasteiger partial charge in [0.1, 0.15) is 5.75 Å². The number of ether oxygens (including phenoxy) is 2. The summed E-state index contributed by atoms with van der Waals surface area (Å²) in [6.45, 7) is 3.72. The van der Waals surface area contributed by atoms with Crippen molar-refractivity contribution in [1.29, 1.82) is 0 Å². The van der Waals surface area contributed by atoms with Gasteiger partial charge in [0.25, 0.3) is 5.56 Å². The van der Waals surface area contributed by atoms with Crippen LogP contribution in [0.2, 0.25) is 5.02 Å². The summed E-state index contributed by atoms with van der Waals surface area (Å²) < 4.78 is 12.7. The Hall–Kier alpha value is -3.16. The second kappa shape index (κ2) is 9.14. The lowest BCUT2D eigenvalue weighted by atomic mass is 9.95. The zero-order chi connectivity index (χ0) is 22.8. The molecule has 1 aromatic heterocycles. The molecular formula is C24H21ClN2O4S. The van der Waals surface area contributed by atoms with Crippen LogP contribution in [-0.2, 0) is 9.53 Å². The highest BCUT2D eigenvalue weighted by molar-refractivity contribution is 7.07. The molecule has 1 unspecified atom stereocenters. The Kier molecular flexibility index (Phi) is 6.30. The Balaban J connectivity index is 1.98. The number of aromatic nitrogens is 1. The van der Waals surface area contributed by atoms with Crippen LogP contribution >= 0.6 is 22.9 Å². The van der Waals surface area contributed by atoms with Gasteiger partial charge in [-0.2, -0.15) is 0 Å². The summed E-state index contributed by atoms with van der Waals surface area (Å²) in [7, 11) is 1.57. The van der Waals surface area contributed by atoms with Gasteiger partial charge in [-0.15, -0.1) is 0 Å². The molecule has 1 aliphatic rings. The number of carbonyl (C=O) groups excluding carboxylic acids is 1. The van der Waals surface area contributed by atoms with Crippen molar-refractivity contribution in [1.82, 2.24) is 4.57 Å². The Morgan fingerprint density at radius 3 is 2.75 bits per heavy atom. The lowest BCUT2D eigenvalue weighted by molar-refractivity contribution is -0.139. The normalized spacial score (nSPS) is 15.9. The Morgan fingerprint density at radius 2 is 2.03 bits per heavy atom. The topological polar surface area (TPSA) is 69.9 Å². The van der Waals surface area contributed by atoms with Crippen molar-refractivity contribution in [2.75, 3.05) is 13.7 Å². The maximum Gasteiger partial charge on any atom is 0.338 e. The zero-order valence-corrected chi connectivity index (χ0v) is 19.4. The van der Waals surface area contributed by atoms with Crippen LogP contribution in [-0.4, -0.2) is 24.3 Å². The molecule has 2 heterocycles. The van der Waals surface area contributed by atoms with Crippen LogP contribution in [0.5, 0.6) is 5.75 Å². The van der Waals surface area contributed by atoms with Crippen molar-refractivity contribution >= 4 is 35.0 Å². The van der Waals surface area contributed by atoms with Crippen LogP contribution in [0.4, 0.5) is 0 Å². The van der Waals surface area contributed by atoms with E-state index >= 15 is 0 Å². The van der Waals surface area contributed by atoms with Gasteiger partial charge in [-0.1, -0.05) is 53.3 Å². The van der Waals surface area contributed by atoms with E-state index in [0.717, 1.165) is 11.1 Å². The van der Waals surface area contributed by atoms with Gasteiger partial charge in [0.05, 0.1) is 35.6 Å². The van der Waals surface area contributed by atoms with Crippen molar-refractivity contribution in [3.8, 4) is 5.75 Å². The summed E-state index contributed by atoms with van der Waals surface area (Å²) in [6.07, 6.45) is 1.75. The number of esters is 1. The number of allylic oxidation sites excluding steroid dienone is 1. The first-order valence-electron chi connectivity index (χ1n) is 10.0. The Morgan fingerprint density at radius 1 is 1.25 bits per heavy atom. The third-order valence-corrected chi connectivity index (χ3v) is 6.45. The van der Waals surface area contributed by atoms with Crippen molar-refractivity contribution in [2.45, 2.75) is 19.9 Å². The predicted molar refractivity (Wildman–Crippen MR) is 125 cm³/mol. The molecule has 164 valence electrons. The fourth-order valence-corrected chi connectivity index (χ4v) is 4.88. The summed E-state index contributed by atoms with van der Waals surface area (Å²) in [5.41, 5.74) is 2.06. The first-order chi connectivity index (χ1) is 15.4. The van der Waals surface area contributed by atoms with Gasteiger partial charge in [0, 0.05) is 5.02 Å². The molecule has 0 spiro atoms. The Labute approximate surface area is 193 Å². The van der Waals surface area contributed by atoms with E-state index in [2.05, 4.69) is 4.99 Å². The Bertz CT molecular complexity index is 1400. The molecule has 0 aliphatic carbocycles. The van der Waals surface area contributed by atoms with Crippen molar-refractivity contribution < 1.29 is 14.3 Å². The van der Waals surface area contributed by atoms with Gasteiger partial charge in [0.2, 0.25) is 0 Å². The summed E-state index contributed by atoms with van der Waals surface area (Å²) in [5.74, 6) is 0.125. The largest absolute Gasteiger partial charge is 0.497 e. The number of hydrogen-bond acceptors (Lipinski definition) is 6. The molecule has 0 fully saturated rings. The number of carbonyl (C=O) groups is 1. The van der Waals surface area contributed by atoms with E-state index in [4.69, 9.17) is 21.1 Å². The minimum atomic E-state index is -0.686. The van der Waals surface area contributed by atoms with E-state index in [1.165, 1.54) is 11.3 Å². The number of thiazole rings is 1. The minimum Gasteiger partial charge on any atom is -0.497 e. The maximum atomic E-state index is 13.5. The number of methoxy groups -OCH3 is 1. The summed E-state index contributed by atoms with van der Waals surface area (Å²) >= 11 is 7.55. The summed E-state index contributed by atoms with van der Waals surface area (Å²) in [4.78, 5) is 31.5. The number of hydrogen-bond donors (Lipinski definition) is 0.